The highest BCUT2D eigenvalue weighted by Gasteiger charge is 2.16. The van der Waals surface area contributed by atoms with E-state index in [0.717, 1.165) is 26.6 Å². The average Bonchev–Trinajstić information content (AvgIpc) is 3.30. The molecule has 1 aromatic carbocycles. The summed E-state index contributed by atoms with van der Waals surface area (Å²) >= 11 is 4.78. The molecule has 4 rings (SSSR count). The van der Waals surface area contributed by atoms with E-state index in [1.54, 1.807) is 35.2 Å². The van der Waals surface area contributed by atoms with Crippen molar-refractivity contribution in [1.82, 2.24) is 9.97 Å². The molecule has 1 N–H and O–H groups in total. The van der Waals surface area contributed by atoms with Crippen molar-refractivity contribution in [3.63, 3.8) is 0 Å². The van der Waals surface area contributed by atoms with Crippen molar-refractivity contribution in [3.8, 4) is 10.4 Å². The molecule has 3 heterocycles. The fourth-order valence-electron chi connectivity index (χ4n) is 2.65. The number of rotatable bonds is 5. The van der Waals surface area contributed by atoms with Crippen LogP contribution in [0.5, 0.6) is 0 Å². The van der Waals surface area contributed by atoms with E-state index in [1.165, 1.54) is 23.5 Å². The normalized spacial score (nSPS) is 12.5. The maximum absolute atomic E-state index is 13.0. The van der Waals surface area contributed by atoms with E-state index < -0.39 is 0 Å². The molecule has 3 nitrogen and oxygen atoms in total. The molecule has 132 valence electrons. The lowest BCUT2D eigenvalue weighted by molar-refractivity contribution is 0.627. The van der Waals surface area contributed by atoms with Crippen molar-refractivity contribution < 1.29 is 4.39 Å². The quantitative estimate of drug-likeness (QED) is 0.456. The van der Waals surface area contributed by atoms with Gasteiger partial charge in [-0.3, -0.25) is 4.79 Å². The second-order valence-corrected chi connectivity index (χ2v) is 8.97. The molecule has 26 heavy (non-hydrogen) atoms. The molecule has 1 atom stereocenters. The highest BCUT2D eigenvalue weighted by Crippen LogP contribution is 2.35. The number of aromatic nitrogens is 2. The second kappa shape index (κ2) is 7.34. The summed E-state index contributed by atoms with van der Waals surface area (Å²) in [6.07, 6.45) is 0. The van der Waals surface area contributed by atoms with Crippen LogP contribution in [0.25, 0.3) is 20.7 Å². The van der Waals surface area contributed by atoms with Crippen LogP contribution in [-0.2, 0) is 5.75 Å². The van der Waals surface area contributed by atoms with Gasteiger partial charge in [0.15, 0.2) is 0 Å². The van der Waals surface area contributed by atoms with Crippen molar-refractivity contribution in [2.75, 3.05) is 0 Å². The lowest BCUT2D eigenvalue weighted by Crippen LogP contribution is -2.12. The van der Waals surface area contributed by atoms with E-state index in [1.807, 2.05) is 29.8 Å². The summed E-state index contributed by atoms with van der Waals surface area (Å²) in [7, 11) is 0. The Labute approximate surface area is 161 Å². The summed E-state index contributed by atoms with van der Waals surface area (Å²) in [4.78, 5) is 22.1. The van der Waals surface area contributed by atoms with Crippen molar-refractivity contribution in [2.45, 2.75) is 17.9 Å². The number of benzene rings is 1. The largest absolute Gasteiger partial charge is 0.309 e. The van der Waals surface area contributed by atoms with Crippen molar-refractivity contribution >= 4 is 44.7 Å². The third-order valence-electron chi connectivity index (χ3n) is 4.05. The van der Waals surface area contributed by atoms with Gasteiger partial charge in [-0.15, -0.1) is 34.4 Å². The molecular weight excluding hydrogens is 387 g/mol. The molecule has 4 aromatic rings. The van der Waals surface area contributed by atoms with Gasteiger partial charge in [-0.25, -0.2) is 9.37 Å². The number of H-pyrrole nitrogens is 1. The van der Waals surface area contributed by atoms with Gasteiger partial charge in [-0.1, -0.05) is 18.2 Å². The van der Waals surface area contributed by atoms with Gasteiger partial charge < -0.3 is 4.98 Å². The van der Waals surface area contributed by atoms with Gasteiger partial charge in [-0.2, -0.15) is 0 Å². The van der Waals surface area contributed by atoms with E-state index in [2.05, 4.69) is 9.97 Å². The van der Waals surface area contributed by atoms with Crippen LogP contribution in [0, 0.1) is 5.82 Å². The van der Waals surface area contributed by atoms with Gasteiger partial charge in [-0.05, 0) is 36.1 Å². The van der Waals surface area contributed by atoms with E-state index in [-0.39, 0.29) is 16.6 Å². The standard InChI is InChI=1S/C19H15FN2OS3/c1-11(25-9-12-4-6-13(20)7-5-12)17-21-18(23)16-14(10-26-19(16)22-17)15-3-2-8-24-15/h2-8,10-11H,9H2,1H3,(H,21,22,23)/t11-/m0/s1. The first-order valence-corrected chi connectivity index (χ1v) is 10.8. The second-order valence-electron chi connectivity index (χ2n) is 5.84. The molecule has 0 aliphatic heterocycles. The van der Waals surface area contributed by atoms with Crippen LogP contribution >= 0.6 is 34.4 Å². The number of hydrogen-bond acceptors (Lipinski definition) is 5. The predicted molar refractivity (Wildman–Crippen MR) is 110 cm³/mol. The Hall–Kier alpha value is -1.96. The molecule has 0 unspecified atom stereocenters. The topological polar surface area (TPSA) is 45.8 Å². The number of thiophene rings is 2. The minimum atomic E-state index is -0.234. The Balaban J connectivity index is 1.59. The Morgan fingerprint density at radius 2 is 2.04 bits per heavy atom. The van der Waals surface area contributed by atoms with Gasteiger partial charge in [0, 0.05) is 21.6 Å². The number of nitrogens with one attached hydrogen (secondary N) is 1. The predicted octanol–water partition coefficient (Wildman–Crippen LogP) is 5.85. The van der Waals surface area contributed by atoms with E-state index >= 15 is 0 Å². The first-order chi connectivity index (χ1) is 12.6. The molecule has 7 heteroatoms. The zero-order valence-electron chi connectivity index (χ0n) is 13.9. The fraction of sp³-hybridized carbons (Fsp3) is 0.158. The number of hydrogen-bond donors (Lipinski definition) is 1. The smallest absolute Gasteiger partial charge is 0.260 e. The summed E-state index contributed by atoms with van der Waals surface area (Å²) in [5.74, 6) is 1.17. The summed E-state index contributed by atoms with van der Waals surface area (Å²) in [6, 6.07) is 10.5. The van der Waals surface area contributed by atoms with Crippen LogP contribution in [0.1, 0.15) is 23.6 Å². The van der Waals surface area contributed by atoms with E-state index in [4.69, 9.17) is 0 Å². The molecule has 0 saturated heterocycles. The zero-order valence-corrected chi connectivity index (χ0v) is 16.3. The van der Waals surface area contributed by atoms with Crippen LogP contribution in [-0.4, -0.2) is 9.97 Å². The summed E-state index contributed by atoms with van der Waals surface area (Å²) in [6.45, 7) is 2.02. The van der Waals surface area contributed by atoms with E-state index in [0.29, 0.717) is 11.2 Å². The van der Waals surface area contributed by atoms with Gasteiger partial charge in [0.25, 0.3) is 5.56 Å². The SMILES string of the molecule is C[C@H](SCc1ccc(F)cc1)c1nc2scc(-c3cccs3)c2c(=O)[nH]1. The van der Waals surface area contributed by atoms with Gasteiger partial charge in [0.05, 0.1) is 10.6 Å². The lowest BCUT2D eigenvalue weighted by atomic mass is 10.2. The molecule has 0 fully saturated rings. The molecule has 0 aliphatic rings. The van der Waals surface area contributed by atoms with Gasteiger partial charge >= 0.3 is 0 Å². The van der Waals surface area contributed by atoms with Crippen molar-refractivity contribution in [3.05, 3.63) is 74.7 Å². The first-order valence-electron chi connectivity index (χ1n) is 8.03. The third-order valence-corrected chi connectivity index (χ3v) is 7.05. The molecule has 0 bridgehead atoms. The van der Waals surface area contributed by atoms with Crippen LogP contribution in [0.3, 0.4) is 0 Å². The highest BCUT2D eigenvalue weighted by atomic mass is 32.2. The van der Waals surface area contributed by atoms with Crippen LogP contribution in [0.2, 0.25) is 0 Å². The molecule has 0 aliphatic carbocycles. The maximum Gasteiger partial charge on any atom is 0.260 e. The third kappa shape index (κ3) is 3.47. The Kier molecular flexibility index (Phi) is 4.93. The monoisotopic (exact) mass is 402 g/mol. The van der Waals surface area contributed by atoms with E-state index in [9.17, 15) is 9.18 Å². The average molecular weight is 403 g/mol. The van der Waals surface area contributed by atoms with Crippen LogP contribution < -0.4 is 5.56 Å². The Bertz CT molecular complexity index is 1080. The summed E-state index contributed by atoms with van der Waals surface area (Å²) in [5, 5.41) is 4.70. The van der Waals surface area contributed by atoms with Crippen LogP contribution in [0.4, 0.5) is 4.39 Å². The molecule has 0 saturated carbocycles. The number of thioether (sulfide) groups is 1. The first kappa shape index (κ1) is 17.5. The molecule has 0 amide bonds. The minimum absolute atomic E-state index is 0.0319. The van der Waals surface area contributed by atoms with Crippen molar-refractivity contribution in [1.29, 1.82) is 0 Å². The van der Waals surface area contributed by atoms with Crippen molar-refractivity contribution in [2.24, 2.45) is 0 Å². The van der Waals surface area contributed by atoms with Gasteiger partial charge in [0.2, 0.25) is 0 Å². The number of nitrogens with zero attached hydrogens (tertiary/aromatic N) is 1. The van der Waals surface area contributed by atoms with Crippen LogP contribution in [0.15, 0.2) is 52.0 Å². The Morgan fingerprint density at radius 3 is 2.77 bits per heavy atom. The number of halogens is 1. The maximum atomic E-state index is 13.0. The van der Waals surface area contributed by atoms with Gasteiger partial charge in [0.1, 0.15) is 16.5 Å². The molecule has 3 aromatic heterocycles. The summed E-state index contributed by atoms with van der Waals surface area (Å²) < 4.78 is 13.0. The number of fused-ring (bicyclic) bond motifs is 1. The fourth-order valence-corrected chi connectivity index (χ4v) is 5.33. The molecule has 0 spiro atoms. The Morgan fingerprint density at radius 1 is 1.23 bits per heavy atom. The highest BCUT2D eigenvalue weighted by molar-refractivity contribution is 7.98. The summed E-state index contributed by atoms with van der Waals surface area (Å²) in [5.41, 5.74) is 1.90. The number of aromatic amines is 1. The minimum Gasteiger partial charge on any atom is -0.309 e. The molecule has 0 radical (unpaired) electrons. The molecular formula is C19H15FN2OS3. The zero-order chi connectivity index (χ0) is 18.1. The lowest BCUT2D eigenvalue weighted by Gasteiger charge is -2.10.